The molecule has 4 nitrogen and oxygen atoms in total. The lowest BCUT2D eigenvalue weighted by Gasteiger charge is -2.29. The number of nitriles is 1. The van der Waals surface area contributed by atoms with Crippen LogP contribution < -0.4 is 10.6 Å². The Bertz CT molecular complexity index is 457. The zero-order chi connectivity index (χ0) is 11.5. The first-order valence-corrected chi connectivity index (χ1v) is 6.59. The van der Waals surface area contributed by atoms with Gasteiger partial charge in [0.25, 0.3) is 0 Å². The van der Waals surface area contributed by atoms with Crippen molar-refractivity contribution >= 4 is 22.2 Å². The summed E-state index contributed by atoms with van der Waals surface area (Å²) in [7, 11) is -0.697. The molecule has 0 radical (unpaired) electrons. The maximum Gasteiger partial charge on any atom is 0.101 e. The third-order valence-electron chi connectivity index (χ3n) is 2.66. The van der Waals surface area contributed by atoms with Crippen molar-refractivity contribution in [3.05, 3.63) is 23.8 Å². The van der Waals surface area contributed by atoms with Crippen LogP contribution in [0.1, 0.15) is 5.56 Å². The summed E-state index contributed by atoms with van der Waals surface area (Å²) in [4.78, 5) is 2.10. The van der Waals surface area contributed by atoms with Crippen LogP contribution in [0.5, 0.6) is 0 Å². The minimum absolute atomic E-state index is 0.590. The number of nitrogens with zero attached hydrogens (tertiary/aromatic N) is 2. The van der Waals surface area contributed by atoms with Crippen molar-refractivity contribution in [3.63, 3.8) is 0 Å². The Balaban J connectivity index is 2.27. The summed E-state index contributed by atoms with van der Waals surface area (Å²) >= 11 is 0. The van der Waals surface area contributed by atoms with Crippen molar-refractivity contribution in [2.24, 2.45) is 0 Å². The molecule has 0 aromatic heterocycles. The van der Waals surface area contributed by atoms with E-state index < -0.39 is 10.8 Å². The van der Waals surface area contributed by atoms with E-state index in [0.717, 1.165) is 18.8 Å². The van der Waals surface area contributed by atoms with Crippen LogP contribution in [-0.2, 0) is 10.8 Å². The van der Waals surface area contributed by atoms with E-state index in [4.69, 9.17) is 11.0 Å². The monoisotopic (exact) mass is 235 g/mol. The summed E-state index contributed by atoms with van der Waals surface area (Å²) in [6.45, 7) is 1.48. The first-order valence-electron chi connectivity index (χ1n) is 5.10. The predicted octanol–water partition coefficient (Wildman–Crippen LogP) is 0.709. The fourth-order valence-electron chi connectivity index (χ4n) is 1.80. The van der Waals surface area contributed by atoms with E-state index in [1.165, 1.54) is 0 Å². The molecule has 0 unspecified atom stereocenters. The summed E-state index contributed by atoms with van der Waals surface area (Å²) in [5.41, 5.74) is 7.72. The first kappa shape index (κ1) is 11.0. The molecule has 5 heteroatoms. The van der Waals surface area contributed by atoms with Gasteiger partial charge in [0.2, 0.25) is 0 Å². The number of rotatable bonds is 1. The standard InChI is InChI=1S/C11H13N3OS/c12-8-9-7-10(13)1-2-11(9)14-3-5-16(15)6-4-14/h1-2,7H,3-6,13H2. The van der Waals surface area contributed by atoms with E-state index >= 15 is 0 Å². The van der Waals surface area contributed by atoms with Gasteiger partial charge in [-0.15, -0.1) is 0 Å². The van der Waals surface area contributed by atoms with Gasteiger partial charge in [-0.3, -0.25) is 4.21 Å². The smallest absolute Gasteiger partial charge is 0.101 e. The predicted molar refractivity (Wildman–Crippen MR) is 65.7 cm³/mol. The number of hydrogen-bond donors (Lipinski definition) is 1. The lowest BCUT2D eigenvalue weighted by molar-refractivity contribution is 0.673. The Labute approximate surface area is 97.1 Å². The number of anilines is 2. The van der Waals surface area contributed by atoms with Gasteiger partial charge >= 0.3 is 0 Å². The highest BCUT2D eigenvalue weighted by Gasteiger charge is 2.17. The van der Waals surface area contributed by atoms with Crippen molar-refractivity contribution in [3.8, 4) is 6.07 Å². The first-order chi connectivity index (χ1) is 7.70. The molecular weight excluding hydrogens is 222 g/mol. The molecule has 0 aliphatic carbocycles. The van der Waals surface area contributed by atoms with Crippen LogP contribution in [0.4, 0.5) is 11.4 Å². The van der Waals surface area contributed by atoms with Crippen LogP contribution in [0.25, 0.3) is 0 Å². The van der Waals surface area contributed by atoms with E-state index in [9.17, 15) is 4.21 Å². The van der Waals surface area contributed by atoms with Crippen LogP contribution in [0.3, 0.4) is 0 Å². The SMILES string of the molecule is N#Cc1cc(N)ccc1N1CCS(=O)CC1. The fraction of sp³-hybridized carbons (Fsp3) is 0.364. The fourth-order valence-corrected chi connectivity index (χ4v) is 2.85. The Hall–Kier alpha value is -1.54. The molecule has 1 aromatic rings. The molecule has 1 fully saturated rings. The molecule has 1 aliphatic heterocycles. The molecule has 0 amide bonds. The highest BCUT2D eigenvalue weighted by Crippen LogP contribution is 2.23. The second-order valence-electron chi connectivity index (χ2n) is 3.72. The lowest BCUT2D eigenvalue weighted by Crippen LogP contribution is -2.38. The molecule has 1 saturated heterocycles. The average Bonchev–Trinajstić information content (AvgIpc) is 2.30. The van der Waals surface area contributed by atoms with Gasteiger partial charge in [0.1, 0.15) is 6.07 Å². The second kappa shape index (κ2) is 4.54. The summed E-state index contributed by atoms with van der Waals surface area (Å²) in [6, 6.07) is 7.49. The third kappa shape index (κ3) is 2.17. The molecular formula is C11H13N3OS. The van der Waals surface area contributed by atoms with E-state index in [-0.39, 0.29) is 0 Å². The molecule has 0 bridgehead atoms. The zero-order valence-electron chi connectivity index (χ0n) is 8.85. The Morgan fingerprint density at radius 2 is 2.06 bits per heavy atom. The number of nitrogens with two attached hydrogens (primary N) is 1. The molecule has 0 saturated carbocycles. The van der Waals surface area contributed by atoms with Gasteiger partial charge in [-0.05, 0) is 18.2 Å². The molecule has 84 valence electrons. The normalized spacial score (nSPS) is 17.1. The number of nitrogen functional groups attached to an aromatic ring is 1. The minimum Gasteiger partial charge on any atom is -0.399 e. The van der Waals surface area contributed by atoms with Gasteiger partial charge in [-0.1, -0.05) is 0 Å². The molecule has 1 heterocycles. The number of benzene rings is 1. The van der Waals surface area contributed by atoms with E-state index in [1.54, 1.807) is 12.1 Å². The van der Waals surface area contributed by atoms with E-state index in [1.807, 2.05) is 6.07 Å². The van der Waals surface area contributed by atoms with Crippen LogP contribution in [0.15, 0.2) is 18.2 Å². The molecule has 1 aromatic carbocycles. The molecule has 2 N–H and O–H groups in total. The molecule has 2 rings (SSSR count). The molecule has 16 heavy (non-hydrogen) atoms. The Kier molecular flexibility index (Phi) is 3.11. The quantitative estimate of drug-likeness (QED) is 0.728. The lowest BCUT2D eigenvalue weighted by atomic mass is 10.1. The topological polar surface area (TPSA) is 70.1 Å². The van der Waals surface area contributed by atoms with Crippen molar-refractivity contribution in [2.45, 2.75) is 0 Å². The zero-order valence-corrected chi connectivity index (χ0v) is 9.67. The summed E-state index contributed by atoms with van der Waals surface area (Å²) in [5, 5.41) is 9.03. The van der Waals surface area contributed by atoms with Crippen molar-refractivity contribution < 1.29 is 4.21 Å². The van der Waals surface area contributed by atoms with Crippen molar-refractivity contribution in [2.75, 3.05) is 35.2 Å². The van der Waals surface area contributed by atoms with Gasteiger partial charge in [0.15, 0.2) is 0 Å². The maximum absolute atomic E-state index is 11.2. The molecule has 0 spiro atoms. The average molecular weight is 235 g/mol. The Morgan fingerprint density at radius 3 is 2.69 bits per heavy atom. The summed E-state index contributed by atoms with van der Waals surface area (Å²) in [5.74, 6) is 1.35. The van der Waals surface area contributed by atoms with Gasteiger partial charge < -0.3 is 10.6 Å². The Morgan fingerprint density at radius 1 is 1.38 bits per heavy atom. The highest BCUT2D eigenvalue weighted by atomic mass is 32.2. The second-order valence-corrected chi connectivity index (χ2v) is 5.42. The molecule has 0 atom stereocenters. The van der Waals surface area contributed by atoms with E-state index in [2.05, 4.69) is 11.0 Å². The largest absolute Gasteiger partial charge is 0.399 e. The van der Waals surface area contributed by atoms with Crippen LogP contribution in [0.2, 0.25) is 0 Å². The highest BCUT2D eigenvalue weighted by molar-refractivity contribution is 7.85. The van der Waals surface area contributed by atoms with E-state index in [0.29, 0.717) is 22.8 Å². The summed E-state index contributed by atoms with van der Waals surface area (Å²) < 4.78 is 11.2. The maximum atomic E-state index is 11.2. The van der Waals surface area contributed by atoms with Crippen LogP contribution in [0, 0.1) is 11.3 Å². The number of hydrogen-bond acceptors (Lipinski definition) is 4. The molecule has 1 aliphatic rings. The van der Waals surface area contributed by atoms with Gasteiger partial charge in [-0.25, -0.2) is 0 Å². The van der Waals surface area contributed by atoms with Crippen molar-refractivity contribution in [1.82, 2.24) is 0 Å². The summed E-state index contributed by atoms with van der Waals surface area (Å²) in [6.07, 6.45) is 0. The third-order valence-corrected chi connectivity index (χ3v) is 3.94. The van der Waals surface area contributed by atoms with Gasteiger partial charge in [-0.2, -0.15) is 5.26 Å². The minimum atomic E-state index is -0.697. The van der Waals surface area contributed by atoms with Gasteiger partial charge in [0, 0.05) is 41.1 Å². The van der Waals surface area contributed by atoms with Crippen LogP contribution in [-0.4, -0.2) is 28.8 Å². The van der Waals surface area contributed by atoms with Crippen molar-refractivity contribution in [1.29, 1.82) is 5.26 Å². The van der Waals surface area contributed by atoms with Crippen LogP contribution >= 0.6 is 0 Å². The van der Waals surface area contributed by atoms with Gasteiger partial charge in [0.05, 0.1) is 11.3 Å².